The maximum absolute atomic E-state index is 11.5. The number of nitrogens with two attached hydrogens (primary N) is 1. The number of rotatable bonds is 5. The quantitative estimate of drug-likeness (QED) is 0.837. The van der Waals surface area contributed by atoms with Gasteiger partial charge in [-0.2, -0.15) is 0 Å². The van der Waals surface area contributed by atoms with Crippen LogP contribution in [-0.2, 0) is 9.53 Å². The molecule has 100 valence electrons. The van der Waals surface area contributed by atoms with Crippen molar-refractivity contribution in [2.24, 2.45) is 5.73 Å². The molecule has 0 radical (unpaired) electrons. The summed E-state index contributed by atoms with van der Waals surface area (Å²) in [4.78, 5) is 16.0. The van der Waals surface area contributed by atoms with Crippen LogP contribution in [0.3, 0.4) is 0 Å². The molecular formula is C15H18N2O2. The van der Waals surface area contributed by atoms with Crippen LogP contribution in [-0.4, -0.2) is 17.6 Å². The van der Waals surface area contributed by atoms with Gasteiger partial charge in [-0.1, -0.05) is 31.2 Å². The van der Waals surface area contributed by atoms with E-state index in [1.54, 1.807) is 0 Å². The topological polar surface area (TPSA) is 65.2 Å². The summed E-state index contributed by atoms with van der Waals surface area (Å²) in [6.45, 7) is 2.40. The van der Waals surface area contributed by atoms with Gasteiger partial charge in [0.2, 0.25) is 0 Å². The first kappa shape index (κ1) is 13.5. The molecule has 0 aliphatic heterocycles. The van der Waals surface area contributed by atoms with Crippen molar-refractivity contribution in [1.82, 2.24) is 4.98 Å². The standard InChI is InChI=1S/C15H18N2O2/c1-2-9-19-15(18)10-12(16)14-8-7-11-5-3-4-6-13(11)17-14/h3-8,12H,2,9-10,16H2,1H3. The molecule has 19 heavy (non-hydrogen) atoms. The molecule has 1 unspecified atom stereocenters. The van der Waals surface area contributed by atoms with Gasteiger partial charge in [-0.3, -0.25) is 9.78 Å². The van der Waals surface area contributed by atoms with E-state index < -0.39 is 6.04 Å². The van der Waals surface area contributed by atoms with Crippen LogP contribution in [0.25, 0.3) is 10.9 Å². The van der Waals surface area contributed by atoms with E-state index in [2.05, 4.69) is 4.98 Å². The molecule has 0 amide bonds. The Morgan fingerprint density at radius 3 is 2.89 bits per heavy atom. The van der Waals surface area contributed by atoms with E-state index >= 15 is 0 Å². The lowest BCUT2D eigenvalue weighted by Crippen LogP contribution is -2.18. The highest BCUT2D eigenvalue weighted by Gasteiger charge is 2.14. The van der Waals surface area contributed by atoms with Gasteiger partial charge < -0.3 is 10.5 Å². The summed E-state index contributed by atoms with van der Waals surface area (Å²) < 4.78 is 5.02. The molecule has 0 aliphatic carbocycles. The zero-order valence-electron chi connectivity index (χ0n) is 11.0. The number of fused-ring (bicyclic) bond motifs is 1. The van der Waals surface area contributed by atoms with Crippen molar-refractivity contribution in [3.63, 3.8) is 0 Å². The lowest BCUT2D eigenvalue weighted by atomic mass is 10.1. The van der Waals surface area contributed by atoms with Gasteiger partial charge in [0.25, 0.3) is 0 Å². The van der Waals surface area contributed by atoms with Crippen molar-refractivity contribution in [2.45, 2.75) is 25.8 Å². The number of para-hydroxylation sites is 1. The number of benzene rings is 1. The Kier molecular flexibility index (Phi) is 4.47. The summed E-state index contributed by atoms with van der Waals surface area (Å²) in [5.74, 6) is -0.274. The lowest BCUT2D eigenvalue weighted by Gasteiger charge is -2.11. The van der Waals surface area contributed by atoms with Crippen LogP contribution in [0.1, 0.15) is 31.5 Å². The van der Waals surface area contributed by atoms with Crippen molar-refractivity contribution in [3.8, 4) is 0 Å². The summed E-state index contributed by atoms with van der Waals surface area (Å²) >= 11 is 0. The van der Waals surface area contributed by atoms with Crippen LogP contribution < -0.4 is 5.73 Å². The molecule has 2 aromatic rings. The minimum atomic E-state index is -0.422. The van der Waals surface area contributed by atoms with Gasteiger partial charge in [0.15, 0.2) is 0 Å². The molecule has 1 aromatic heterocycles. The molecule has 0 aliphatic rings. The van der Waals surface area contributed by atoms with E-state index in [4.69, 9.17) is 10.5 Å². The molecule has 1 aromatic carbocycles. The van der Waals surface area contributed by atoms with Gasteiger partial charge >= 0.3 is 5.97 Å². The van der Waals surface area contributed by atoms with Crippen molar-refractivity contribution in [1.29, 1.82) is 0 Å². The van der Waals surface area contributed by atoms with Crippen molar-refractivity contribution in [2.75, 3.05) is 6.61 Å². The number of ether oxygens (including phenoxy) is 1. The van der Waals surface area contributed by atoms with Crippen LogP contribution >= 0.6 is 0 Å². The molecule has 0 saturated heterocycles. The average Bonchev–Trinajstić information content (AvgIpc) is 2.44. The molecule has 1 atom stereocenters. The first-order valence-electron chi connectivity index (χ1n) is 6.47. The van der Waals surface area contributed by atoms with Gasteiger partial charge in [-0.05, 0) is 18.6 Å². The van der Waals surface area contributed by atoms with E-state index in [0.29, 0.717) is 12.3 Å². The average molecular weight is 258 g/mol. The van der Waals surface area contributed by atoms with E-state index in [1.807, 2.05) is 43.3 Å². The van der Waals surface area contributed by atoms with E-state index in [9.17, 15) is 4.79 Å². The fourth-order valence-corrected chi connectivity index (χ4v) is 1.85. The zero-order chi connectivity index (χ0) is 13.7. The van der Waals surface area contributed by atoms with E-state index in [-0.39, 0.29) is 12.4 Å². The third kappa shape index (κ3) is 3.51. The smallest absolute Gasteiger partial charge is 0.307 e. The Hall–Kier alpha value is -1.94. The van der Waals surface area contributed by atoms with Gasteiger partial charge in [-0.25, -0.2) is 0 Å². The van der Waals surface area contributed by atoms with Crippen molar-refractivity contribution < 1.29 is 9.53 Å². The Balaban J connectivity index is 2.08. The van der Waals surface area contributed by atoms with Crippen molar-refractivity contribution in [3.05, 3.63) is 42.1 Å². The summed E-state index contributed by atoms with van der Waals surface area (Å²) in [5, 5.41) is 1.06. The highest BCUT2D eigenvalue weighted by molar-refractivity contribution is 5.78. The molecule has 2 rings (SSSR count). The molecule has 0 saturated carbocycles. The molecule has 0 spiro atoms. The Bertz CT molecular complexity index is 569. The maximum Gasteiger partial charge on any atom is 0.307 e. The molecule has 0 fully saturated rings. The number of hydrogen-bond donors (Lipinski definition) is 1. The Morgan fingerprint density at radius 2 is 2.11 bits per heavy atom. The molecule has 1 heterocycles. The monoisotopic (exact) mass is 258 g/mol. The fraction of sp³-hybridized carbons (Fsp3) is 0.333. The molecule has 4 nitrogen and oxygen atoms in total. The van der Waals surface area contributed by atoms with E-state index in [0.717, 1.165) is 17.3 Å². The summed E-state index contributed by atoms with van der Waals surface area (Å²) in [5.41, 5.74) is 7.60. The Labute approximate surface area is 112 Å². The predicted molar refractivity (Wildman–Crippen MR) is 74.5 cm³/mol. The molecule has 4 heteroatoms. The van der Waals surface area contributed by atoms with Gasteiger partial charge in [-0.15, -0.1) is 0 Å². The number of esters is 1. The fourth-order valence-electron chi connectivity index (χ4n) is 1.85. The van der Waals surface area contributed by atoms with Crippen molar-refractivity contribution >= 4 is 16.9 Å². The van der Waals surface area contributed by atoms with Gasteiger partial charge in [0.05, 0.1) is 30.3 Å². The first-order chi connectivity index (χ1) is 9.20. The van der Waals surface area contributed by atoms with Crippen LogP contribution in [0, 0.1) is 0 Å². The Morgan fingerprint density at radius 1 is 1.32 bits per heavy atom. The van der Waals surface area contributed by atoms with Crippen LogP contribution in [0.15, 0.2) is 36.4 Å². The van der Waals surface area contributed by atoms with Crippen LogP contribution in [0.4, 0.5) is 0 Å². The third-order valence-corrected chi connectivity index (χ3v) is 2.85. The highest BCUT2D eigenvalue weighted by Crippen LogP contribution is 2.17. The number of carbonyl (C=O) groups excluding carboxylic acids is 1. The minimum Gasteiger partial charge on any atom is -0.466 e. The summed E-state index contributed by atoms with van der Waals surface area (Å²) in [6.07, 6.45) is 0.973. The summed E-state index contributed by atoms with van der Waals surface area (Å²) in [6, 6.07) is 11.2. The predicted octanol–water partition coefficient (Wildman–Crippen LogP) is 2.58. The molecular weight excluding hydrogens is 240 g/mol. The molecule has 2 N–H and O–H groups in total. The van der Waals surface area contributed by atoms with Crippen LogP contribution in [0.5, 0.6) is 0 Å². The second kappa shape index (κ2) is 6.29. The first-order valence-corrected chi connectivity index (χ1v) is 6.47. The number of carbonyl (C=O) groups is 1. The number of aromatic nitrogens is 1. The normalized spacial score (nSPS) is 12.3. The summed E-state index contributed by atoms with van der Waals surface area (Å²) in [7, 11) is 0. The minimum absolute atomic E-state index is 0.158. The third-order valence-electron chi connectivity index (χ3n) is 2.85. The van der Waals surface area contributed by atoms with E-state index in [1.165, 1.54) is 0 Å². The SMILES string of the molecule is CCCOC(=O)CC(N)c1ccc2ccccc2n1. The second-order valence-electron chi connectivity index (χ2n) is 4.46. The highest BCUT2D eigenvalue weighted by atomic mass is 16.5. The lowest BCUT2D eigenvalue weighted by molar-refractivity contribution is -0.144. The maximum atomic E-state index is 11.5. The molecule has 0 bridgehead atoms. The second-order valence-corrected chi connectivity index (χ2v) is 4.46. The number of hydrogen-bond acceptors (Lipinski definition) is 4. The largest absolute Gasteiger partial charge is 0.466 e. The number of pyridine rings is 1. The number of nitrogens with zero attached hydrogens (tertiary/aromatic N) is 1. The van der Waals surface area contributed by atoms with Gasteiger partial charge in [0, 0.05) is 5.39 Å². The zero-order valence-corrected chi connectivity index (χ0v) is 11.0. The van der Waals surface area contributed by atoms with Gasteiger partial charge in [0.1, 0.15) is 0 Å². The van der Waals surface area contributed by atoms with Crippen LogP contribution in [0.2, 0.25) is 0 Å².